The van der Waals surface area contributed by atoms with E-state index >= 15 is 0 Å². The summed E-state index contributed by atoms with van der Waals surface area (Å²) in [6.45, 7) is 3.57. The molecule has 1 aromatic heterocycles. The van der Waals surface area contributed by atoms with Gasteiger partial charge in [0.1, 0.15) is 0 Å². The van der Waals surface area contributed by atoms with E-state index in [0.717, 1.165) is 0 Å². The fourth-order valence-electron chi connectivity index (χ4n) is 0.609. The lowest BCUT2D eigenvalue weighted by molar-refractivity contribution is 0.0926. The van der Waals surface area contributed by atoms with Crippen molar-refractivity contribution in [3.05, 3.63) is 10.7 Å². The monoisotopic (exact) mass is 172 g/mol. The Balaban J connectivity index is 2.94. The van der Waals surface area contributed by atoms with Crippen LogP contribution in [-0.2, 0) is 0 Å². The van der Waals surface area contributed by atoms with Crippen molar-refractivity contribution in [1.82, 2.24) is 10.1 Å². The number of hydrogen-bond donors (Lipinski definition) is 1. The molecule has 0 radical (unpaired) electrons. The number of nitrogens with one attached hydrogen (secondary N) is 1. The van der Waals surface area contributed by atoms with Crippen LogP contribution >= 0.6 is 12.2 Å². The summed E-state index contributed by atoms with van der Waals surface area (Å²) in [5, 5.41) is 3.45. The molecule has 11 heavy (non-hydrogen) atoms. The summed E-state index contributed by atoms with van der Waals surface area (Å²) in [6.07, 6.45) is 0. The van der Waals surface area contributed by atoms with Gasteiger partial charge in [0.25, 0.3) is 4.84 Å². The summed E-state index contributed by atoms with van der Waals surface area (Å²) in [7, 11) is 0. The largest absolute Gasteiger partial charge is 0.324 e. The van der Waals surface area contributed by atoms with Crippen molar-refractivity contribution in [3.8, 4) is 0 Å². The molecular weight excluding hydrogens is 164 g/mol. The van der Waals surface area contributed by atoms with Crippen molar-refractivity contribution in [2.75, 3.05) is 0 Å². The molecule has 0 aliphatic heterocycles. The van der Waals surface area contributed by atoms with E-state index < -0.39 is 0 Å². The van der Waals surface area contributed by atoms with Gasteiger partial charge in [-0.2, -0.15) is 0 Å². The molecule has 0 fully saturated rings. The highest BCUT2D eigenvalue weighted by Gasteiger charge is 2.13. The van der Waals surface area contributed by atoms with Crippen molar-refractivity contribution >= 4 is 18.0 Å². The molecule has 4 nitrogen and oxygen atoms in total. The first-order valence-electron chi connectivity index (χ1n) is 3.21. The molecule has 0 amide bonds. The van der Waals surface area contributed by atoms with E-state index in [4.69, 9.17) is 0 Å². The predicted molar refractivity (Wildman–Crippen MR) is 40.9 cm³/mol. The molecule has 0 aliphatic rings. The van der Waals surface area contributed by atoms with E-state index in [1.807, 2.05) is 0 Å². The van der Waals surface area contributed by atoms with Crippen LogP contribution in [0.3, 0.4) is 0 Å². The minimum atomic E-state index is -0.0927. The molecule has 0 bridgehead atoms. The Morgan fingerprint density at radius 3 is 2.73 bits per heavy atom. The maximum absolute atomic E-state index is 11.2. The third-order valence-corrected chi connectivity index (χ3v) is 1.37. The van der Waals surface area contributed by atoms with Gasteiger partial charge in [0, 0.05) is 5.92 Å². The molecule has 60 valence electrons. The van der Waals surface area contributed by atoms with Crippen LogP contribution in [0.2, 0.25) is 0 Å². The van der Waals surface area contributed by atoms with E-state index in [9.17, 15) is 4.79 Å². The minimum absolute atomic E-state index is 0.0919. The summed E-state index contributed by atoms with van der Waals surface area (Å²) in [5.41, 5.74) is 0. The molecule has 1 heterocycles. The number of hydrogen-bond acceptors (Lipinski definition) is 4. The topological polar surface area (TPSA) is 58.9 Å². The third kappa shape index (κ3) is 1.74. The normalized spacial score (nSPS) is 10.5. The van der Waals surface area contributed by atoms with Gasteiger partial charge in [0.2, 0.25) is 11.6 Å². The average molecular weight is 172 g/mol. The molecule has 1 aromatic rings. The molecule has 0 spiro atoms. The van der Waals surface area contributed by atoms with Crippen LogP contribution in [0.5, 0.6) is 0 Å². The van der Waals surface area contributed by atoms with Crippen LogP contribution in [0.15, 0.2) is 4.52 Å². The van der Waals surface area contributed by atoms with Crippen molar-refractivity contribution in [3.63, 3.8) is 0 Å². The van der Waals surface area contributed by atoms with E-state index in [1.165, 1.54) is 0 Å². The SMILES string of the molecule is CC(C)C(=O)c1noc(=S)[nH]1. The van der Waals surface area contributed by atoms with E-state index in [-0.39, 0.29) is 22.4 Å². The van der Waals surface area contributed by atoms with Gasteiger partial charge in [-0.3, -0.25) is 9.78 Å². The zero-order valence-corrected chi connectivity index (χ0v) is 7.07. The zero-order chi connectivity index (χ0) is 8.43. The standard InChI is InChI=1S/C6H8N2O2S/c1-3(2)4(9)5-7-6(11)10-8-5/h3H,1-2H3,(H,7,8,11). The van der Waals surface area contributed by atoms with Crippen molar-refractivity contribution in [2.45, 2.75) is 13.8 Å². The number of carbonyl (C=O) groups is 1. The molecule has 5 heteroatoms. The first-order chi connectivity index (χ1) is 5.11. The number of carbonyl (C=O) groups excluding carboxylic acids is 1. The average Bonchev–Trinajstić information content (AvgIpc) is 2.34. The Hall–Kier alpha value is -0.970. The number of aromatic nitrogens is 2. The van der Waals surface area contributed by atoms with Gasteiger partial charge in [-0.1, -0.05) is 19.0 Å². The summed E-state index contributed by atoms with van der Waals surface area (Å²) >= 11 is 4.60. The summed E-state index contributed by atoms with van der Waals surface area (Å²) in [6, 6.07) is 0. The Morgan fingerprint density at radius 1 is 1.73 bits per heavy atom. The highest BCUT2D eigenvalue weighted by Crippen LogP contribution is 2.02. The van der Waals surface area contributed by atoms with Crippen LogP contribution in [0.4, 0.5) is 0 Å². The third-order valence-electron chi connectivity index (χ3n) is 1.20. The number of rotatable bonds is 2. The van der Waals surface area contributed by atoms with Gasteiger partial charge in [-0.05, 0) is 12.2 Å². The number of nitrogens with zero attached hydrogens (tertiary/aromatic N) is 1. The van der Waals surface area contributed by atoms with Crippen LogP contribution in [0.1, 0.15) is 24.5 Å². The Bertz CT molecular complexity index is 312. The van der Waals surface area contributed by atoms with Crippen LogP contribution in [-0.4, -0.2) is 15.9 Å². The summed E-state index contributed by atoms with van der Waals surface area (Å²) in [4.78, 5) is 13.8. The number of H-pyrrole nitrogens is 1. The Morgan fingerprint density at radius 2 is 2.36 bits per heavy atom. The fraction of sp³-hybridized carbons (Fsp3) is 0.500. The van der Waals surface area contributed by atoms with Gasteiger partial charge in [-0.15, -0.1) is 0 Å². The molecular formula is C6H8N2O2S. The lowest BCUT2D eigenvalue weighted by Crippen LogP contribution is -2.08. The minimum Gasteiger partial charge on any atom is -0.324 e. The van der Waals surface area contributed by atoms with Crippen LogP contribution < -0.4 is 0 Å². The Labute approximate surface area is 68.6 Å². The molecule has 0 atom stereocenters. The molecule has 0 saturated heterocycles. The van der Waals surface area contributed by atoms with E-state index in [0.29, 0.717) is 0 Å². The quantitative estimate of drug-likeness (QED) is 0.543. The van der Waals surface area contributed by atoms with E-state index in [1.54, 1.807) is 13.8 Å². The second-order valence-electron chi connectivity index (χ2n) is 2.46. The Kier molecular flexibility index (Phi) is 2.19. The number of aromatic amines is 1. The fourth-order valence-corrected chi connectivity index (χ4v) is 0.743. The van der Waals surface area contributed by atoms with Crippen LogP contribution in [0, 0.1) is 10.8 Å². The molecule has 1 N–H and O–H groups in total. The molecule has 0 saturated carbocycles. The molecule has 0 unspecified atom stereocenters. The molecule has 0 aromatic carbocycles. The first kappa shape index (κ1) is 8.13. The second-order valence-corrected chi connectivity index (χ2v) is 2.83. The maximum Gasteiger partial charge on any atom is 0.295 e. The first-order valence-corrected chi connectivity index (χ1v) is 3.62. The predicted octanol–water partition coefficient (Wildman–Crippen LogP) is 1.57. The van der Waals surface area contributed by atoms with Crippen molar-refractivity contribution < 1.29 is 9.32 Å². The lowest BCUT2D eigenvalue weighted by Gasteiger charge is -1.95. The lowest BCUT2D eigenvalue weighted by atomic mass is 10.1. The van der Waals surface area contributed by atoms with Gasteiger partial charge in [0.15, 0.2) is 0 Å². The van der Waals surface area contributed by atoms with Gasteiger partial charge in [0.05, 0.1) is 0 Å². The van der Waals surface area contributed by atoms with Gasteiger partial charge in [-0.25, -0.2) is 0 Å². The number of Topliss-reactive ketones (excluding diaryl/α,β-unsaturated/α-hetero) is 1. The molecule has 0 aliphatic carbocycles. The maximum atomic E-state index is 11.2. The van der Waals surface area contributed by atoms with E-state index in [2.05, 4.69) is 26.9 Å². The molecule has 1 rings (SSSR count). The van der Waals surface area contributed by atoms with Crippen LogP contribution in [0.25, 0.3) is 0 Å². The van der Waals surface area contributed by atoms with Crippen molar-refractivity contribution in [1.29, 1.82) is 0 Å². The van der Waals surface area contributed by atoms with Gasteiger partial charge < -0.3 is 4.52 Å². The summed E-state index contributed by atoms with van der Waals surface area (Å²) < 4.78 is 4.52. The smallest absolute Gasteiger partial charge is 0.295 e. The summed E-state index contributed by atoms with van der Waals surface area (Å²) in [5.74, 6) is 0.0144. The zero-order valence-electron chi connectivity index (χ0n) is 6.25. The highest BCUT2D eigenvalue weighted by molar-refractivity contribution is 7.71. The second kappa shape index (κ2) is 2.96. The van der Waals surface area contributed by atoms with Crippen molar-refractivity contribution in [2.24, 2.45) is 5.92 Å². The highest BCUT2D eigenvalue weighted by atomic mass is 32.1. The van der Waals surface area contributed by atoms with Gasteiger partial charge >= 0.3 is 0 Å². The number of ketones is 1.